The van der Waals surface area contributed by atoms with Crippen LogP contribution in [0.15, 0.2) is 0 Å². The molecule has 54 valence electrons. The highest BCUT2D eigenvalue weighted by molar-refractivity contribution is 5.53. The zero-order chi connectivity index (χ0) is 7.28. The van der Waals surface area contributed by atoms with Crippen LogP contribution in [0, 0.1) is 5.92 Å². The molecule has 0 aromatic rings. The molecule has 2 nitrogen and oxygen atoms in total. The van der Waals surface area contributed by atoms with Gasteiger partial charge in [0, 0.05) is 13.0 Å². The summed E-state index contributed by atoms with van der Waals surface area (Å²) >= 11 is 0. The number of carbonyl (C=O) groups is 1. The van der Waals surface area contributed by atoms with Crippen molar-refractivity contribution < 1.29 is 9.53 Å². The Kier molecular flexibility index (Phi) is 4.32. The first kappa shape index (κ1) is 8.63. The predicted molar refractivity (Wildman–Crippen MR) is 36.3 cm³/mol. The van der Waals surface area contributed by atoms with Gasteiger partial charge >= 0.3 is 0 Å². The molecule has 2 atom stereocenters. The summed E-state index contributed by atoms with van der Waals surface area (Å²) in [4.78, 5) is 10.2. The van der Waals surface area contributed by atoms with Crippen LogP contribution in [0.2, 0.25) is 0 Å². The molecule has 2 heteroatoms. The van der Waals surface area contributed by atoms with Gasteiger partial charge in [0.15, 0.2) is 0 Å². The molecule has 0 unspecified atom stereocenters. The first-order valence-electron chi connectivity index (χ1n) is 3.24. The minimum absolute atomic E-state index is 0.0278. The van der Waals surface area contributed by atoms with Crippen LogP contribution in [0.1, 0.15) is 20.3 Å². The summed E-state index contributed by atoms with van der Waals surface area (Å²) < 4.78 is 5.02. The highest BCUT2D eigenvalue weighted by Crippen LogP contribution is 2.06. The standard InChI is InChI=1S/C7H14O2/c1-4-7(9-3)6(2)5-8/h5-7H,4H2,1-3H3/t6-,7-/m1/s1. The Bertz CT molecular complexity index is 77.0. The normalized spacial score (nSPS) is 16.8. The first-order chi connectivity index (χ1) is 4.26. The molecular formula is C7H14O2. The zero-order valence-corrected chi connectivity index (χ0v) is 6.26. The predicted octanol–water partition coefficient (Wildman–Crippen LogP) is 1.25. The molecule has 0 spiro atoms. The SMILES string of the molecule is CC[C@@H](OC)[C@H](C)C=O. The van der Waals surface area contributed by atoms with E-state index in [4.69, 9.17) is 4.74 Å². The molecule has 0 heterocycles. The summed E-state index contributed by atoms with van der Waals surface area (Å²) in [6.07, 6.45) is 1.93. The molecule has 0 aromatic carbocycles. The van der Waals surface area contributed by atoms with Gasteiger partial charge in [-0.1, -0.05) is 13.8 Å². The van der Waals surface area contributed by atoms with Crippen LogP contribution in [0.4, 0.5) is 0 Å². The second-order valence-electron chi connectivity index (χ2n) is 2.18. The third-order valence-electron chi connectivity index (χ3n) is 1.51. The van der Waals surface area contributed by atoms with E-state index in [-0.39, 0.29) is 12.0 Å². The van der Waals surface area contributed by atoms with E-state index in [1.807, 2.05) is 13.8 Å². The summed E-state index contributed by atoms with van der Waals surface area (Å²) in [6, 6.07) is 0. The fourth-order valence-corrected chi connectivity index (χ4v) is 0.841. The lowest BCUT2D eigenvalue weighted by Gasteiger charge is -2.14. The van der Waals surface area contributed by atoms with Crippen LogP contribution >= 0.6 is 0 Å². The lowest BCUT2D eigenvalue weighted by Crippen LogP contribution is -2.20. The molecule has 0 bridgehead atoms. The van der Waals surface area contributed by atoms with Crippen molar-refractivity contribution in [2.45, 2.75) is 26.4 Å². The highest BCUT2D eigenvalue weighted by Gasteiger charge is 2.12. The van der Waals surface area contributed by atoms with Crippen molar-refractivity contribution in [1.82, 2.24) is 0 Å². The minimum atomic E-state index is 0.0278. The van der Waals surface area contributed by atoms with Gasteiger partial charge in [0.05, 0.1) is 6.10 Å². The van der Waals surface area contributed by atoms with Gasteiger partial charge < -0.3 is 9.53 Å². The van der Waals surface area contributed by atoms with Crippen molar-refractivity contribution in [3.63, 3.8) is 0 Å². The number of ether oxygens (including phenoxy) is 1. The number of carbonyl (C=O) groups excluding carboxylic acids is 1. The molecule has 0 aliphatic carbocycles. The molecule has 0 aliphatic rings. The Morgan fingerprint density at radius 3 is 2.33 bits per heavy atom. The van der Waals surface area contributed by atoms with E-state index in [1.54, 1.807) is 7.11 Å². The summed E-state index contributed by atoms with van der Waals surface area (Å²) in [6.45, 7) is 3.87. The van der Waals surface area contributed by atoms with Gasteiger partial charge in [0.25, 0.3) is 0 Å². The van der Waals surface area contributed by atoms with Gasteiger partial charge in [-0.25, -0.2) is 0 Å². The van der Waals surface area contributed by atoms with Crippen molar-refractivity contribution in [1.29, 1.82) is 0 Å². The summed E-state index contributed by atoms with van der Waals surface area (Å²) in [7, 11) is 1.63. The highest BCUT2D eigenvalue weighted by atomic mass is 16.5. The Balaban J connectivity index is 3.63. The van der Waals surface area contributed by atoms with E-state index < -0.39 is 0 Å². The molecule has 0 aromatic heterocycles. The minimum Gasteiger partial charge on any atom is -0.381 e. The maximum Gasteiger partial charge on any atom is 0.125 e. The Labute approximate surface area is 56.2 Å². The number of rotatable bonds is 4. The van der Waals surface area contributed by atoms with Crippen LogP contribution in [-0.2, 0) is 9.53 Å². The molecule has 0 rings (SSSR count). The number of aldehydes is 1. The average Bonchev–Trinajstić information content (AvgIpc) is 1.90. The number of methoxy groups -OCH3 is 1. The van der Waals surface area contributed by atoms with E-state index in [0.29, 0.717) is 0 Å². The lowest BCUT2D eigenvalue weighted by molar-refractivity contribution is -0.114. The lowest BCUT2D eigenvalue weighted by atomic mass is 10.1. The molecule has 0 fully saturated rings. The van der Waals surface area contributed by atoms with Gasteiger partial charge in [-0.05, 0) is 6.42 Å². The van der Waals surface area contributed by atoms with Crippen molar-refractivity contribution in [3.8, 4) is 0 Å². The Morgan fingerprint density at radius 2 is 2.22 bits per heavy atom. The molecule has 9 heavy (non-hydrogen) atoms. The second kappa shape index (κ2) is 4.50. The van der Waals surface area contributed by atoms with Gasteiger partial charge in [-0.2, -0.15) is 0 Å². The zero-order valence-electron chi connectivity index (χ0n) is 6.26. The Hall–Kier alpha value is -0.370. The quantitative estimate of drug-likeness (QED) is 0.535. The first-order valence-corrected chi connectivity index (χ1v) is 3.24. The van der Waals surface area contributed by atoms with Crippen molar-refractivity contribution >= 4 is 6.29 Å². The molecule has 0 saturated carbocycles. The average molecular weight is 130 g/mol. The van der Waals surface area contributed by atoms with E-state index >= 15 is 0 Å². The van der Waals surface area contributed by atoms with Crippen LogP contribution in [0.3, 0.4) is 0 Å². The van der Waals surface area contributed by atoms with Crippen molar-refractivity contribution in [2.75, 3.05) is 7.11 Å². The van der Waals surface area contributed by atoms with Crippen LogP contribution in [-0.4, -0.2) is 19.5 Å². The fraction of sp³-hybridized carbons (Fsp3) is 0.857. The largest absolute Gasteiger partial charge is 0.381 e. The molecule has 0 N–H and O–H groups in total. The van der Waals surface area contributed by atoms with E-state index in [2.05, 4.69) is 0 Å². The molecule has 0 amide bonds. The molecule has 0 aliphatic heterocycles. The maximum absolute atomic E-state index is 10.2. The number of hydrogen-bond donors (Lipinski definition) is 0. The third-order valence-corrected chi connectivity index (χ3v) is 1.51. The third kappa shape index (κ3) is 2.61. The van der Waals surface area contributed by atoms with Crippen LogP contribution < -0.4 is 0 Å². The van der Waals surface area contributed by atoms with Gasteiger partial charge in [-0.15, -0.1) is 0 Å². The summed E-state index contributed by atoms with van der Waals surface area (Å²) in [5.41, 5.74) is 0. The second-order valence-corrected chi connectivity index (χ2v) is 2.18. The van der Waals surface area contributed by atoms with E-state index in [0.717, 1.165) is 12.7 Å². The van der Waals surface area contributed by atoms with Crippen LogP contribution in [0.5, 0.6) is 0 Å². The van der Waals surface area contributed by atoms with E-state index in [1.165, 1.54) is 0 Å². The van der Waals surface area contributed by atoms with Crippen molar-refractivity contribution in [2.24, 2.45) is 5.92 Å². The van der Waals surface area contributed by atoms with Crippen molar-refractivity contribution in [3.05, 3.63) is 0 Å². The molecular weight excluding hydrogens is 116 g/mol. The molecule has 0 radical (unpaired) electrons. The van der Waals surface area contributed by atoms with Gasteiger partial charge in [-0.3, -0.25) is 0 Å². The molecule has 0 saturated heterocycles. The van der Waals surface area contributed by atoms with Crippen LogP contribution in [0.25, 0.3) is 0 Å². The van der Waals surface area contributed by atoms with E-state index in [9.17, 15) is 4.79 Å². The fourth-order valence-electron chi connectivity index (χ4n) is 0.841. The monoisotopic (exact) mass is 130 g/mol. The Morgan fingerprint density at radius 1 is 1.67 bits per heavy atom. The summed E-state index contributed by atoms with van der Waals surface area (Å²) in [5, 5.41) is 0. The number of hydrogen-bond acceptors (Lipinski definition) is 2. The van der Waals surface area contributed by atoms with Gasteiger partial charge in [0.1, 0.15) is 6.29 Å². The topological polar surface area (TPSA) is 26.3 Å². The summed E-state index contributed by atoms with van der Waals surface area (Å²) in [5.74, 6) is 0.0278. The maximum atomic E-state index is 10.2. The smallest absolute Gasteiger partial charge is 0.125 e. The van der Waals surface area contributed by atoms with Gasteiger partial charge in [0.2, 0.25) is 0 Å².